The number of carbonyl (C=O) groups is 2. The molecule has 3 aromatic rings. The van der Waals surface area contributed by atoms with Crippen LogP contribution in [0, 0.1) is 13.8 Å². The molecule has 2 aromatic carbocycles. The lowest BCUT2D eigenvalue weighted by Crippen LogP contribution is -2.21. The number of hydrogen-bond acceptors (Lipinski definition) is 6. The Morgan fingerprint density at radius 2 is 1.83 bits per heavy atom. The second kappa shape index (κ2) is 10.2. The van der Waals surface area contributed by atoms with Crippen molar-refractivity contribution in [3.63, 3.8) is 0 Å². The van der Waals surface area contributed by atoms with Crippen LogP contribution in [0.25, 0.3) is 0 Å². The van der Waals surface area contributed by atoms with E-state index in [-0.39, 0.29) is 6.42 Å². The maximum absolute atomic E-state index is 12.0. The van der Waals surface area contributed by atoms with Crippen molar-refractivity contribution in [3.8, 4) is 5.75 Å². The van der Waals surface area contributed by atoms with Gasteiger partial charge >= 0.3 is 5.97 Å². The number of aryl methyl sites for hydroxylation is 2. The summed E-state index contributed by atoms with van der Waals surface area (Å²) in [7, 11) is 0. The summed E-state index contributed by atoms with van der Waals surface area (Å²) < 4.78 is 10.7. The highest BCUT2D eigenvalue weighted by atomic mass is 35.5. The topological polar surface area (TPSA) is 77.5 Å². The van der Waals surface area contributed by atoms with E-state index in [4.69, 9.17) is 21.1 Å². The van der Waals surface area contributed by atoms with Crippen LogP contribution in [0.2, 0.25) is 5.02 Å². The molecule has 0 aliphatic carbocycles. The van der Waals surface area contributed by atoms with Crippen LogP contribution in [-0.2, 0) is 27.4 Å². The standard InChI is InChI=1S/C22H21ClN2O4S/c1-14-3-6-17(7-4-14)28-12-21-24-16(13-30-21)10-22(27)29-11-20(26)25-19-8-5-15(2)9-18(19)23/h3-9,13H,10-12H2,1-2H3,(H,25,26). The molecule has 30 heavy (non-hydrogen) atoms. The van der Waals surface area contributed by atoms with Gasteiger partial charge in [-0.05, 0) is 43.7 Å². The molecule has 0 bridgehead atoms. The summed E-state index contributed by atoms with van der Waals surface area (Å²) in [5, 5.41) is 5.58. The maximum Gasteiger partial charge on any atom is 0.312 e. The fourth-order valence-electron chi connectivity index (χ4n) is 2.53. The zero-order valence-electron chi connectivity index (χ0n) is 16.6. The lowest BCUT2D eigenvalue weighted by molar-refractivity contribution is -0.146. The number of anilines is 1. The van der Waals surface area contributed by atoms with E-state index < -0.39 is 18.5 Å². The van der Waals surface area contributed by atoms with Gasteiger partial charge in [-0.3, -0.25) is 9.59 Å². The summed E-state index contributed by atoms with van der Waals surface area (Å²) in [5.74, 6) is -0.229. The monoisotopic (exact) mass is 444 g/mol. The third kappa shape index (κ3) is 6.57. The van der Waals surface area contributed by atoms with E-state index in [1.807, 2.05) is 44.2 Å². The molecule has 0 unspecified atom stereocenters. The van der Waals surface area contributed by atoms with Gasteiger partial charge < -0.3 is 14.8 Å². The van der Waals surface area contributed by atoms with Gasteiger partial charge in [-0.2, -0.15) is 0 Å². The van der Waals surface area contributed by atoms with Gasteiger partial charge in [0.1, 0.15) is 17.4 Å². The van der Waals surface area contributed by atoms with Gasteiger partial charge in [0, 0.05) is 5.38 Å². The van der Waals surface area contributed by atoms with E-state index >= 15 is 0 Å². The van der Waals surface area contributed by atoms with Gasteiger partial charge in [0.25, 0.3) is 5.91 Å². The number of amides is 1. The number of aromatic nitrogens is 1. The van der Waals surface area contributed by atoms with Crippen molar-refractivity contribution < 1.29 is 19.1 Å². The molecule has 1 N–H and O–H groups in total. The molecule has 0 saturated carbocycles. The molecule has 6 nitrogen and oxygen atoms in total. The van der Waals surface area contributed by atoms with E-state index in [1.54, 1.807) is 17.5 Å². The van der Waals surface area contributed by atoms with Gasteiger partial charge in [-0.1, -0.05) is 35.4 Å². The molecule has 0 radical (unpaired) electrons. The number of carbonyl (C=O) groups excluding carboxylic acids is 2. The Hall–Kier alpha value is -2.90. The van der Waals surface area contributed by atoms with Gasteiger partial charge in [0.05, 0.1) is 22.8 Å². The molecular formula is C22H21ClN2O4S. The Morgan fingerprint density at radius 1 is 1.10 bits per heavy atom. The number of benzene rings is 2. The van der Waals surface area contributed by atoms with Gasteiger partial charge in [-0.25, -0.2) is 4.98 Å². The van der Waals surface area contributed by atoms with Crippen LogP contribution in [-0.4, -0.2) is 23.5 Å². The molecule has 1 amide bonds. The summed E-state index contributed by atoms with van der Waals surface area (Å²) in [6, 6.07) is 13.0. The summed E-state index contributed by atoms with van der Waals surface area (Å²) in [4.78, 5) is 28.4. The van der Waals surface area contributed by atoms with E-state index in [0.717, 1.165) is 21.9 Å². The number of halogens is 1. The molecule has 0 aliphatic heterocycles. The van der Waals surface area contributed by atoms with Crippen molar-refractivity contribution in [2.45, 2.75) is 26.9 Å². The van der Waals surface area contributed by atoms with Crippen LogP contribution in [0.1, 0.15) is 21.8 Å². The number of ether oxygens (including phenoxy) is 2. The Kier molecular flexibility index (Phi) is 7.43. The summed E-state index contributed by atoms with van der Waals surface area (Å²) in [5.41, 5.74) is 3.19. The van der Waals surface area contributed by atoms with Crippen LogP contribution in [0.4, 0.5) is 5.69 Å². The normalized spacial score (nSPS) is 10.5. The summed E-state index contributed by atoms with van der Waals surface area (Å²) in [6.45, 7) is 3.84. The second-order valence-electron chi connectivity index (χ2n) is 6.70. The van der Waals surface area contributed by atoms with Crippen molar-refractivity contribution in [1.29, 1.82) is 0 Å². The number of nitrogens with zero attached hydrogens (tertiary/aromatic N) is 1. The molecular weight excluding hydrogens is 424 g/mol. The predicted molar refractivity (Wildman–Crippen MR) is 117 cm³/mol. The van der Waals surface area contributed by atoms with Crippen LogP contribution < -0.4 is 10.1 Å². The molecule has 0 atom stereocenters. The van der Waals surface area contributed by atoms with Gasteiger partial charge in [0.15, 0.2) is 6.61 Å². The van der Waals surface area contributed by atoms with Crippen LogP contribution >= 0.6 is 22.9 Å². The number of hydrogen-bond donors (Lipinski definition) is 1. The average Bonchev–Trinajstić information content (AvgIpc) is 3.15. The minimum Gasteiger partial charge on any atom is -0.486 e. The smallest absolute Gasteiger partial charge is 0.312 e. The minimum absolute atomic E-state index is 0.0143. The Labute approximate surface area is 183 Å². The fourth-order valence-corrected chi connectivity index (χ4v) is 3.52. The summed E-state index contributed by atoms with van der Waals surface area (Å²) >= 11 is 7.48. The quantitative estimate of drug-likeness (QED) is 0.509. The first-order valence-corrected chi connectivity index (χ1v) is 10.5. The lowest BCUT2D eigenvalue weighted by atomic mass is 10.2. The summed E-state index contributed by atoms with van der Waals surface area (Å²) in [6.07, 6.45) is -0.0143. The highest BCUT2D eigenvalue weighted by Crippen LogP contribution is 2.22. The number of thiazole rings is 1. The molecule has 0 saturated heterocycles. The zero-order chi connectivity index (χ0) is 21.5. The molecule has 0 spiro atoms. The molecule has 1 aromatic heterocycles. The third-order valence-electron chi connectivity index (χ3n) is 4.07. The lowest BCUT2D eigenvalue weighted by Gasteiger charge is -2.08. The van der Waals surface area contributed by atoms with E-state index in [0.29, 0.717) is 23.0 Å². The van der Waals surface area contributed by atoms with Crippen LogP contribution in [0.3, 0.4) is 0 Å². The first-order valence-electron chi connectivity index (χ1n) is 9.23. The molecule has 0 fully saturated rings. The van der Waals surface area contributed by atoms with Crippen LogP contribution in [0.5, 0.6) is 5.75 Å². The van der Waals surface area contributed by atoms with Crippen LogP contribution in [0.15, 0.2) is 47.8 Å². The fraction of sp³-hybridized carbons (Fsp3) is 0.227. The van der Waals surface area contributed by atoms with Crippen molar-refractivity contribution in [2.24, 2.45) is 0 Å². The zero-order valence-corrected chi connectivity index (χ0v) is 18.2. The SMILES string of the molecule is Cc1ccc(OCc2nc(CC(=O)OCC(=O)Nc3ccc(C)cc3Cl)cs2)cc1. The van der Waals surface area contributed by atoms with Crippen molar-refractivity contribution in [2.75, 3.05) is 11.9 Å². The number of nitrogens with one attached hydrogen (secondary N) is 1. The number of esters is 1. The van der Waals surface area contributed by atoms with Gasteiger partial charge in [-0.15, -0.1) is 11.3 Å². The second-order valence-corrected chi connectivity index (χ2v) is 8.05. The highest BCUT2D eigenvalue weighted by Gasteiger charge is 2.13. The molecule has 8 heteroatoms. The molecule has 0 aliphatic rings. The Bertz CT molecular complexity index is 1030. The van der Waals surface area contributed by atoms with Gasteiger partial charge in [0.2, 0.25) is 0 Å². The van der Waals surface area contributed by atoms with E-state index in [9.17, 15) is 9.59 Å². The molecule has 1 heterocycles. The minimum atomic E-state index is -0.531. The van der Waals surface area contributed by atoms with E-state index in [2.05, 4.69) is 10.3 Å². The average molecular weight is 445 g/mol. The Morgan fingerprint density at radius 3 is 2.57 bits per heavy atom. The molecule has 3 rings (SSSR count). The largest absolute Gasteiger partial charge is 0.486 e. The first-order chi connectivity index (χ1) is 14.4. The highest BCUT2D eigenvalue weighted by molar-refractivity contribution is 7.09. The predicted octanol–water partition coefficient (Wildman–Crippen LogP) is 4.72. The van der Waals surface area contributed by atoms with Crippen molar-refractivity contribution in [3.05, 3.63) is 74.7 Å². The molecule has 156 valence electrons. The van der Waals surface area contributed by atoms with Crippen molar-refractivity contribution >= 4 is 40.5 Å². The van der Waals surface area contributed by atoms with Crippen molar-refractivity contribution in [1.82, 2.24) is 4.98 Å². The van der Waals surface area contributed by atoms with E-state index in [1.165, 1.54) is 11.3 Å². The number of rotatable bonds is 8. The third-order valence-corrected chi connectivity index (χ3v) is 5.25. The maximum atomic E-state index is 12.0. The Balaban J connectivity index is 1.42. The first kappa shape index (κ1) is 21.8.